The molecule has 33 heavy (non-hydrogen) atoms. The molecular formula is C25H28N5O3+. The Bertz CT molecular complexity index is 1460. The van der Waals surface area contributed by atoms with E-state index >= 15 is 0 Å². The van der Waals surface area contributed by atoms with Crippen LogP contribution in [0, 0.1) is 12.8 Å². The van der Waals surface area contributed by atoms with Crippen LogP contribution in [0.1, 0.15) is 18.1 Å². The topological polar surface area (TPSA) is 76.1 Å². The Morgan fingerprint density at radius 2 is 1.91 bits per heavy atom. The minimum Gasteiger partial charge on any atom is -0.497 e. The lowest BCUT2D eigenvalue weighted by atomic mass is 10.1. The lowest BCUT2D eigenvalue weighted by molar-refractivity contribution is -0.669. The van der Waals surface area contributed by atoms with Gasteiger partial charge in [0, 0.05) is 13.0 Å². The molecule has 0 radical (unpaired) electrons. The number of aromatic amines is 1. The maximum Gasteiger partial charge on any atom is 0.364 e. The molecule has 0 bridgehead atoms. The molecule has 0 spiro atoms. The van der Waals surface area contributed by atoms with Crippen LogP contribution in [0.5, 0.6) is 5.75 Å². The Balaban J connectivity index is 1.69. The molecule has 1 aliphatic heterocycles. The van der Waals surface area contributed by atoms with E-state index in [1.807, 2.05) is 60.0 Å². The molecular weight excluding hydrogens is 418 g/mol. The fourth-order valence-electron chi connectivity index (χ4n) is 4.70. The van der Waals surface area contributed by atoms with Crippen molar-refractivity contribution >= 4 is 22.8 Å². The summed E-state index contributed by atoms with van der Waals surface area (Å²) in [5.74, 6) is 1.90. The number of nitrogens with one attached hydrogen (secondary N) is 1. The van der Waals surface area contributed by atoms with Crippen molar-refractivity contribution in [1.82, 2.24) is 14.1 Å². The van der Waals surface area contributed by atoms with Crippen LogP contribution in [0.2, 0.25) is 0 Å². The summed E-state index contributed by atoms with van der Waals surface area (Å²) < 4.78 is 10.2. The van der Waals surface area contributed by atoms with Crippen molar-refractivity contribution in [2.24, 2.45) is 13.0 Å². The summed E-state index contributed by atoms with van der Waals surface area (Å²) in [7, 11) is 3.35. The summed E-state index contributed by atoms with van der Waals surface area (Å²) >= 11 is 0. The molecule has 1 aliphatic rings. The third-order valence-electron chi connectivity index (χ3n) is 6.33. The maximum atomic E-state index is 13.6. The molecule has 4 aromatic rings. The number of aryl methyl sites for hydroxylation is 2. The van der Waals surface area contributed by atoms with Crippen LogP contribution in [0.3, 0.4) is 0 Å². The van der Waals surface area contributed by atoms with Crippen molar-refractivity contribution in [2.75, 3.05) is 18.6 Å². The van der Waals surface area contributed by atoms with E-state index in [0.29, 0.717) is 23.6 Å². The second-order valence-electron chi connectivity index (χ2n) is 8.89. The van der Waals surface area contributed by atoms with Crippen LogP contribution in [-0.4, -0.2) is 27.8 Å². The monoisotopic (exact) mass is 446 g/mol. The molecule has 0 amide bonds. The van der Waals surface area contributed by atoms with Crippen molar-refractivity contribution in [1.29, 1.82) is 0 Å². The number of aromatic nitrogens is 4. The van der Waals surface area contributed by atoms with Gasteiger partial charge in [-0.1, -0.05) is 36.8 Å². The van der Waals surface area contributed by atoms with Crippen LogP contribution in [0.4, 0.5) is 11.6 Å². The zero-order chi connectivity index (χ0) is 23.3. The van der Waals surface area contributed by atoms with E-state index in [0.717, 1.165) is 35.1 Å². The number of hydrogen-bond acceptors (Lipinski definition) is 4. The molecule has 170 valence electrons. The average molecular weight is 447 g/mol. The quantitative estimate of drug-likeness (QED) is 0.489. The van der Waals surface area contributed by atoms with E-state index in [-0.39, 0.29) is 17.8 Å². The highest BCUT2D eigenvalue weighted by atomic mass is 16.5. The number of nitrogens with zero attached hydrogens (tertiary/aromatic N) is 4. The summed E-state index contributed by atoms with van der Waals surface area (Å²) in [6, 6.07) is 15.7. The first-order chi connectivity index (χ1) is 15.9. The summed E-state index contributed by atoms with van der Waals surface area (Å²) in [4.78, 5) is 32.3. The number of fused-ring (bicyclic) bond motifs is 3. The van der Waals surface area contributed by atoms with Crippen molar-refractivity contribution in [3.8, 4) is 5.75 Å². The molecule has 8 heteroatoms. The molecule has 0 saturated heterocycles. The van der Waals surface area contributed by atoms with Gasteiger partial charge in [-0.15, -0.1) is 0 Å². The zero-order valence-corrected chi connectivity index (χ0v) is 19.3. The number of rotatable bonds is 4. The van der Waals surface area contributed by atoms with Gasteiger partial charge in [-0.3, -0.25) is 13.9 Å². The molecule has 2 aromatic heterocycles. The Labute approximate surface area is 191 Å². The summed E-state index contributed by atoms with van der Waals surface area (Å²) in [5, 5.41) is 0. The summed E-state index contributed by atoms with van der Waals surface area (Å²) in [5.41, 5.74) is 3.45. The average Bonchev–Trinajstić information content (AvgIpc) is 3.19. The number of benzene rings is 2. The van der Waals surface area contributed by atoms with Crippen LogP contribution >= 0.6 is 0 Å². The van der Waals surface area contributed by atoms with E-state index in [1.165, 1.54) is 9.13 Å². The second kappa shape index (κ2) is 7.95. The molecule has 8 nitrogen and oxygen atoms in total. The third-order valence-corrected chi connectivity index (χ3v) is 6.33. The van der Waals surface area contributed by atoms with Crippen LogP contribution in [-0.2, 0) is 20.1 Å². The number of anilines is 2. The zero-order valence-electron chi connectivity index (χ0n) is 19.3. The van der Waals surface area contributed by atoms with Gasteiger partial charge in [0.1, 0.15) is 11.4 Å². The molecule has 0 aliphatic carbocycles. The van der Waals surface area contributed by atoms with Gasteiger partial charge in [0.25, 0.3) is 5.56 Å². The normalized spacial score (nSPS) is 15.6. The Kier molecular flexibility index (Phi) is 5.08. The highest BCUT2D eigenvalue weighted by Gasteiger charge is 2.36. The number of ether oxygens (including phenoxy) is 1. The van der Waals surface area contributed by atoms with Gasteiger partial charge in [0.2, 0.25) is 11.2 Å². The van der Waals surface area contributed by atoms with E-state index in [2.05, 4.69) is 16.8 Å². The first-order valence-electron chi connectivity index (χ1n) is 11.1. The molecule has 5 rings (SSSR count). The Hall–Kier alpha value is -3.81. The van der Waals surface area contributed by atoms with Crippen molar-refractivity contribution < 1.29 is 9.30 Å². The Morgan fingerprint density at radius 1 is 1.15 bits per heavy atom. The van der Waals surface area contributed by atoms with Gasteiger partial charge < -0.3 is 4.74 Å². The number of methoxy groups -OCH3 is 1. The lowest BCUT2D eigenvalue weighted by Crippen LogP contribution is -2.52. The largest absolute Gasteiger partial charge is 0.497 e. The maximum absolute atomic E-state index is 13.6. The first-order valence-corrected chi connectivity index (χ1v) is 11.1. The standard InChI is InChI=1S/C25H27N5O3/c1-16-6-5-7-18(12-16)15-30-23(31)21-22(27(3)25(30)32)26-24-28(13-17(2)14-29(21)24)19-8-10-20(33-4)11-9-19/h5-12,17H,13-15H2,1-4H3/p+1/t17-/m0/s1. The molecule has 3 heterocycles. The fourth-order valence-corrected chi connectivity index (χ4v) is 4.70. The van der Waals surface area contributed by atoms with Crippen molar-refractivity contribution in [2.45, 2.75) is 26.9 Å². The van der Waals surface area contributed by atoms with E-state index in [9.17, 15) is 9.59 Å². The number of H-pyrrole nitrogens is 1. The SMILES string of the molecule is COc1ccc(N2C[C@H](C)C[n+]3c2[nH]c2c3c(=O)n(Cc3cccc(C)c3)c(=O)n2C)cc1. The minimum absolute atomic E-state index is 0.237. The van der Waals surface area contributed by atoms with Gasteiger partial charge in [-0.05, 0) is 36.8 Å². The smallest absolute Gasteiger partial charge is 0.364 e. The molecule has 1 atom stereocenters. The van der Waals surface area contributed by atoms with Gasteiger partial charge in [-0.25, -0.2) is 19.2 Å². The molecule has 0 saturated carbocycles. The van der Waals surface area contributed by atoms with Gasteiger partial charge >= 0.3 is 11.6 Å². The predicted octanol–water partition coefficient (Wildman–Crippen LogP) is 2.47. The van der Waals surface area contributed by atoms with Crippen LogP contribution < -0.4 is 25.5 Å². The van der Waals surface area contributed by atoms with Gasteiger partial charge in [0.05, 0.1) is 26.7 Å². The van der Waals surface area contributed by atoms with Gasteiger partial charge in [0.15, 0.2) is 0 Å². The molecule has 2 aromatic carbocycles. The van der Waals surface area contributed by atoms with Gasteiger partial charge in [-0.2, -0.15) is 0 Å². The number of hydrogen-bond donors (Lipinski definition) is 1. The van der Waals surface area contributed by atoms with E-state index < -0.39 is 0 Å². The molecule has 0 fully saturated rings. The molecule has 1 N–H and O–H groups in total. The van der Waals surface area contributed by atoms with Crippen molar-refractivity contribution in [3.63, 3.8) is 0 Å². The minimum atomic E-state index is -0.336. The summed E-state index contributed by atoms with van der Waals surface area (Å²) in [6.45, 7) is 5.89. The highest BCUT2D eigenvalue weighted by Crippen LogP contribution is 2.29. The molecule has 0 unspecified atom stereocenters. The predicted molar refractivity (Wildman–Crippen MR) is 127 cm³/mol. The van der Waals surface area contributed by atoms with E-state index in [4.69, 9.17) is 4.74 Å². The fraction of sp³-hybridized carbons (Fsp3) is 0.320. The Morgan fingerprint density at radius 3 is 2.61 bits per heavy atom. The highest BCUT2D eigenvalue weighted by molar-refractivity contribution is 5.70. The summed E-state index contributed by atoms with van der Waals surface area (Å²) in [6.07, 6.45) is 0. The van der Waals surface area contributed by atoms with Crippen molar-refractivity contribution in [3.05, 3.63) is 80.5 Å². The van der Waals surface area contributed by atoms with Crippen LogP contribution in [0.25, 0.3) is 11.2 Å². The first kappa shape index (κ1) is 21.1. The number of imidazole rings is 1. The lowest BCUT2D eigenvalue weighted by Gasteiger charge is -2.26. The third kappa shape index (κ3) is 3.51. The van der Waals surface area contributed by atoms with E-state index in [1.54, 1.807) is 14.2 Å². The van der Waals surface area contributed by atoms with Crippen LogP contribution in [0.15, 0.2) is 58.1 Å². The second-order valence-corrected chi connectivity index (χ2v) is 8.89.